The van der Waals surface area contributed by atoms with Crippen LogP contribution in [-0.2, 0) is 0 Å². The third-order valence-corrected chi connectivity index (χ3v) is 4.44. The zero-order valence-corrected chi connectivity index (χ0v) is 14.6. The van der Waals surface area contributed by atoms with Crippen molar-refractivity contribution in [3.63, 3.8) is 0 Å². The van der Waals surface area contributed by atoms with Crippen molar-refractivity contribution in [1.82, 2.24) is 5.01 Å². The summed E-state index contributed by atoms with van der Waals surface area (Å²) >= 11 is 8.68. The predicted molar refractivity (Wildman–Crippen MR) is 97.8 cm³/mol. The minimum Gasteiger partial charge on any atom is -0.375 e. The van der Waals surface area contributed by atoms with Gasteiger partial charge in [0.05, 0.1) is 11.8 Å². The van der Waals surface area contributed by atoms with E-state index in [2.05, 4.69) is 64.4 Å². The lowest BCUT2D eigenvalue weighted by atomic mass is 9.98. The molecule has 0 saturated carbocycles. The molecule has 0 spiro atoms. The largest absolute Gasteiger partial charge is 0.375 e. The summed E-state index contributed by atoms with van der Waals surface area (Å²) in [4.78, 5) is 0. The molecule has 1 heterocycles. The molecule has 0 fully saturated rings. The van der Waals surface area contributed by atoms with E-state index < -0.39 is 0 Å². The third-order valence-electron chi connectivity index (χ3n) is 3.76. The molecule has 0 aromatic heterocycles. The highest BCUT2D eigenvalue weighted by molar-refractivity contribution is 9.10. The van der Waals surface area contributed by atoms with E-state index in [9.17, 15) is 0 Å². The van der Waals surface area contributed by atoms with Gasteiger partial charge in [-0.15, -0.1) is 0 Å². The molecule has 1 atom stereocenters. The van der Waals surface area contributed by atoms with E-state index in [1.54, 1.807) is 5.01 Å². The first-order valence-corrected chi connectivity index (χ1v) is 8.23. The van der Waals surface area contributed by atoms with Crippen molar-refractivity contribution in [2.24, 2.45) is 10.8 Å². The Bertz CT molecular complexity index is 740. The second-order valence-corrected chi connectivity index (χ2v) is 6.70. The molecule has 1 aliphatic rings. The number of nitrogens with zero attached hydrogens (tertiary/aromatic N) is 2. The molecule has 3 rings (SSSR count). The number of benzene rings is 2. The SMILES string of the molecule is Cc1ccc(C2CC(c3cccc(Br)c3)=NN2C(N)=S)cc1. The van der Waals surface area contributed by atoms with Crippen LogP contribution in [0.2, 0.25) is 0 Å². The summed E-state index contributed by atoms with van der Waals surface area (Å²) in [6.45, 7) is 2.08. The van der Waals surface area contributed by atoms with Gasteiger partial charge in [-0.25, -0.2) is 5.01 Å². The van der Waals surface area contributed by atoms with Gasteiger partial charge in [0.2, 0.25) is 0 Å². The Labute approximate surface area is 143 Å². The van der Waals surface area contributed by atoms with Crippen LogP contribution in [0.5, 0.6) is 0 Å². The van der Waals surface area contributed by atoms with Crippen molar-refractivity contribution < 1.29 is 0 Å². The van der Waals surface area contributed by atoms with Gasteiger partial charge >= 0.3 is 0 Å². The number of hydrazone groups is 1. The lowest BCUT2D eigenvalue weighted by Crippen LogP contribution is -2.31. The molecule has 5 heteroatoms. The first-order valence-electron chi connectivity index (χ1n) is 7.03. The van der Waals surface area contributed by atoms with Crippen LogP contribution >= 0.6 is 28.1 Å². The summed E-state index contributed by atoms with van der Waals surface area (Å²) in [5.41, 5.74) is 10.4. The van der Waals surface area contributed by atoms with Crippen LogP contribution in [0.1, 0.15) is 29.2 Å². The molecule has 1 unspecified atom stereocenters. The zero-order valence-electron chi connectivity index (χ0n) is 12.2. The molecule has 112 valence electrons. The van der Waals surface area contributed by atoms with Gasteiger partial charge in [0, 0.05) is 10.9 Å². The third kappa shape index (κ3) is 3.05. The first-order chi connectivity index (χ1) is 10.5. The Morgan fingerprint density at radius 3 is 2.64 bits per heavy atom. The second-order valence-electron chi connectivity index (χ2n) is 5.37. The fraction of sp³-hybridized carbons (Fsp3) is 0.176. The maximum absolute atomic E-state index is 5.87. The van der Waals surface area contributed by atoms with Gasteiger partial charge in [0.25, 0.3) is 0 Å². The zero-order chi connectivity index (χ0) is 15.7. The molecule has 2 N–H and O–H groups in total. The van der Waals surface area contributed by atoms with E-state index in [0.717, 1.165) is 22.2 Å². The molecule has 0 saturated heterocycles. The Morgan fingerprint density at radius 2 is 2.00 bits per heavy atom. The van der Waals surface area contributed by atoms with Gasteiger partial charge in [-0.3, -0.25) is 0 Å². The van der Waals surface area contributed by atoms with Crippen molar-refractivity contribution >= 4 is 39.0 Å². The molecule has 0 bridgehead atoms. The molecule has 1 aliphatic heterocycles. The van der Waals surface area contributed by atoms with E-state index in [-0.39, 0.29) is 6.04 Å². The van der Waals surface area contributed by atoms with Gasteiger partial charge in [0.1, 0.15) is 0 Å². The number of aryl methyl sites for hydroxylation is 1. The first kappa shape index (κ1) is 15.2. The molecule has 2 aromatic rings. The average Bonchev–Trinajstić information content (AvgIpc) is 2.93. The average molecular weight is 374 g/mol. The minimum atomic E-state index is 0.0621. The van der Waals surface area contributed by atoms with Gasteiger partial charge in [0.15, 0.2) is 5.11 Å². The normalized spacial score (nSPS) is 17.5. The molecular weight excluding hydrogens is 358 g/mol. The quantitative estimate of drug-likeness (QED) is 0.803. The summed E-state index contributed by atoms with van der Waals surface area (Å²) in [6.07, 6.45) is 0.789. The molecule has 0 amide bonds. The second kappa shape index (κ2) is 6.18. The van der Waals surface area contributed by atoms with E-state index in [4.69, 9.17) is 18.0 Å². The van der Waals surface area contributed by atoms with Crippen LogP contribution in [0.4, 0.5) is 0 Å². The minimum absolute atomic E-state index is 0.0621. The topological polar surface area (TPSA) is 41.6 Å². The maximum atomic E-state index is 5.87. The monoisotopic (exact) mass is 373 g/mol. The molecular formula is C17H16BrN3S. The van der Waals surface area contributed by atoms with E-state index in [0.29, 0.717) is 5.11 Å². The summed E-state index contributed by atoms with van der Waals surface area (Å²) in [5.74, 6) is 0. The van der Waals surface area contributed by atoms with Crippen LogP contribution < -0.4 is 5.73 Å². The summed E-state index contributed by atoms with van der Waals surface area (Å²) in [6, 6.07) is 16.6. The van der Waals surface area contributed by atoms with Gasteiger partial charge in [-0.1, -0.05) is 57.9 Å². The van der Waals surface area contributed by atoms with Crippen molar-refractivity contribution in [3.8, 4) is 0 Å². The van der Waals surface area contributed by atoms with Crippen LogP contribution in [-0.4, -0.2) is 15.8 Å². The van der Waals surface area contributed by atoms with E-state index >= 15 is 0 Å². The summed E-state index contributed by atoms with van der Waals surface area (Å²) in [5, 5.41) is 6.69. The van der Waals surface area contributed by atoms with Crippen molar-refractivity contribution in [2.45, 2.75) is 19.4 Å². The van der Waals surface area contributed by atoms with Crippen LogP contribution in [0.3, 0.4) is 0 Å². The van der Waals surface area contributed by atoms with Crippen molar-refractivity contribution in [3.05, 3.63) is 69.7 Å². The van der Waals surface area contributed by atoms with Crippen LogP contribution in [0.25, 0.3) is 0 Å². The van der Waals surface area contributed by atoms with E-state index in [1.807, 2.05) is 12.1 Å². The van der Waals surface area contributed by atoms with Crippen LogP contribution in [0, 0.1) is 6.92 Å². The van der Waals surface area contributed by atoms with E-state index in [1.165, 1.54) is 11.1 Å². The lowest BCUT2D eigenvalue weighted by Gasteiger charge is -2.22. The van der Waals surface area contributed by atoms with Crippen LogP contribution in [0.15, 0.2) is 58.1 Å². The molecule has 0 aliphatic carbocycles. The number of hydrogen-bond donors (Lipinski definition) is 1. The van der Waals surface area contributed by atoms with Crippen molar-refractivity contribution in [2.75, 3.05) is 0 Å². The van der Waals surface area contributed by atoms with Gasteiger partial charge in [-0.2, -0.15) is 5.10 Å². The highest BCUT2D eigenvalue weighted by atomic mass is 79.9. The fourth-order valence-electron chi connectivity index (χ4n) is 2.60. The highest BCUT2D eigenvalue weighted by Gasteiger charge is 2.30. The van der Waals surface area contributed by atoms with Gasteiger partial charge < -0.3 is 5.73 Å². The van der Waals surface area contributed by atoms with Crippen molar-refractivity contribution in [1.29, 1.82) is 0 Å². The summed E-state index contributed by atoms with van der Waals surface area (Å²) in [7, 11) is 0. The Morgan fingerprint density at radius 1 is 1.27 bits per heavy atom. The van der Waals surface area contributed by atoms with Gasteiger partial charge in [-0.05, 0) is 42.4 Å². The molecule has 22 heavy (non-hydrogen) atoms. The molecule has 2 aromatic carbocycles. The standard InChI is InChI=1S/C17H16BrN3S/c1-11-5-7-12(8-6-11)16-10-15(20-21(16)17(19)22)13-3-2-4-14(18)9-13/h2-9,16H,10H2,1H3,(H2,19,22). The highest BCUT2D eigenvalue weighted by Crippen LogP contribution is 2.33. The predicted octanol–water partition coefficient (Wildman–Crippen LogP) is 4.15. The number of hydrogen-bond acceptors (Lipinski definition) is 2. The molecule has 0 radical (unpaired) electrons. The number of thiocarbonyl (C=S) groups is 1. The smallest absolute Gasteiger partial charge is 0.187 e. The number of rotatable bonds is 2. The maximum Gasteiger partial charge on any atom is 0.187 e. The summed E-state index contributed by atoms with van der Waals surface area (Å²) < 4.78 is 1.04. The molecule has 3 nitrogen and oxygen atoms in total. The number of nitrogens with two attached hydrogens (primary N) is 1. The Kier molecular flexibility index (Phi) is 4.27. The Balaban J connectivity index is 1.94. The lowest BCUT2D eigenvalue weighted by molar-refractivity contribution is 0.372. The number of halogens is 1. The fourth-order valence-corrected chi connectivity index (χ4v) is 3.17. The Hall–Kier alpha value is -1.72.